The van der Waals surface area contributed by atoms with E-state index < -0.39 is 0 Å². The second-order valence-electron chi connectivity index (χ2n) is 6.47. The molecule has 1 aromatic rings. The fraction of sp³-hybridized carbons (Fsp3) is 0.579. The third-order valence-corrected chi connectivity index (χ3v) is 3.99. The molecule has 0 saturated heterocycles. The fourth-order valence-electron chi connectivity index (χ4n) is 2.45. The Labute approximate surface area is 145 Å². The zero-order valence-corrected chi connectivity index (χ0v) is 15.6. The highest BCUT2D eigenvalue weighted by Gasteiger charge is 2.21. The molecule has 5 heteroatoms. The van der Waals surface area contributed by atoms with Gasteiger partial charge in [0, 0.05) is 13.6 Å². The molecule has 5 nitrogen and oxygen atoms in total. The zero-order valence-electron chi connectivity index (χ0n) is 15.6. The molecule has 1 aromatic carbocycles. The second kappa shape index (κ2) is 9.96. The van der Waals surface area contributed by atoms with Crippen molar-refractivity contribution in [2.75, 3.05) is 20.1 Å². The minimum Gasteiger partial charge on any atom is -0.355 e. The first-order valence-electron chi connectivity index (χ1n) is 8.76. The number of nitrogens with zero attached hydrogens (tertiary/aromatic N) is 1. The molecule has 0 unspecified atom stereocenters. The first kappa shape index (κ1) is 20.0. The monoisotopic (exact) mass is 333 g/mol. The molecule has 0 radical (unpaired) electrons. The van der Waals surface area contributed by atoms with E-state index in [4.69, 9.17) is 0 Å². The van der Waals surface area contributed by atoms with Crippen LogP contribution >= 0.6 is 0 Å². The molecule has 3 amide bonds. The summed E-state index contributed by atoms with van der Waals surface area (Å²) in [6.07, 6.45) is 1.87. The summed E-state index contributed by atoms with van der Waals surface area (Å²) >= 11 is 0. The number of benzene rings is 1. The number of hydrogen-bond acceptors (Lipinski definition) is 2. The van der Waals surface area contributed by atoms with Gasteiger partial charge < -0.3 is 15.5 Å². The van der Waals surface area contributed by atoms with Crippen molar-refractivity contribution in [3.8, 4) is 0 Å². The largest absolute Gasteiger partial charge is 0.355 e. The van der Waals surface area contributed by atoms with Crippen molar-refractivity contribution in [3.63, 3.8) is 0 Å². The summed E-state index contributed by atoms with van der Waals surface area (Å²) in [5.41, 5.74) is 2.36. The van der Waals surface area contributed by atoms with Crippen LogP contribution in [0.4, 0.5) is 4.79 Å². The standard InChI is InChI=1S/C19H31N3O2/c1-6-12-20-17(23)13-22(5)19(24)21-18(14(3)4)16-10-8-15(7-2)9-11-16/h8-11,14,18H,6-7,12-13H2,1-5H3,(H,20,23)(H,21,24)/t18-/m1/s1. The maximum absolute atomic E-state index is 12.4. The molecule has 1 rings (SSSR count). The SMILES string of the molecule is CCCNC(=O)CN(C)C(=O)N[C@@H](c1ccc(CC)cc1)C(C)C. The van der Waals surface area contributed by atoms with Gasteiger partial charge in [0.1, 0.15) is 6.54 Å². The number of carbonyl (C=O) groups excluding carboxylic acids is 2. The highest BCUT2D eigenvalue weighted by molar-refractivity contribution is 5.84. The lowest BCUT2D eigenvalue weighted by Crippen LogP contribution is -2.45. The third-order valence-electron chi connectivity index (χ3n) is 3.99. The van der Waals surface area contributed by atoms with Gasteiger partial charge in [-0.15, -0.1) is 0 Å². The number of rotatable bonds is 8. The van der Waals surface area contributed by atoms with Gasteiger partial charge in [-0.2, -0.15) is 0 Å². The van der Waals surface area contributed by atoms with Crippen LogP contribution in [0.2, 0.25) is 0 Å². The number of amides is 3. The smallest absolute Gasteiger partial charge is 0.318 e. The molecule has 0 aliphatic heterocycles. The van der Waals surface area contributed by atoms with E-state index in [0.717, 1.165) is 18.4 Å². The first-order valence-corrected chi connectivity index (χ1v) is 8.76. The maximum atomic E-state index is 12.4. The Morgan fingerprint density at radius 3 is 2.25 bits per heavy atom. The van der Waals surface area contributed by atoms with Crippen LogP contribution in [0.5, 0.6) is 0 Å². The topological polar surface area (TPSA) is 61.4 Å². The number of likely N-dealkylation sites (N-methyl/N-ethyl adjacent to an activating group) is 1. The fourth-order valence-corrected chi connectivity index (χ4v) is 2.45. The Morgan fingerprint density at radius 1 is 1.12 bits per heavy atom. The Balaban J connectivity index is 2.69. The number of nitrogens with one attached hydrogen (secondary N) is 2. The lowest BCUT2D eigenvalue weighted by molar-refractivity contribution is -0.121. The van der Waals surface area contributed by atoms with E-state index in [2.05, 4.69) is 55.7 Å². The second-order valence-corrected chi connectivity index (χ2v) is 6.47. The van der Waals surface area contributed by atoms with Crippen molar-refractivity contribution in [3.05, 3.63) is 35.4 Å². The van der Waals surface area contributed by atoms with Crippen LogP contribution in [-0.4, -0.2) is 37.0 Å². The number of hydrogen-bond donors (Lipinski definition) is 2. The summed E-state index contributed by atoms with van der Waals surface area (Å²) in [4.78, 5) is 25.6. The van der Waals surface area contributed by atoms with Gasteiger partial charge >= 0.3 is 6.03 Å². The zero-order chi connectivity index (χ0) is 18.1. The van der Waals surface area contributed by atoms with E-state index in [1.807, 2.05) is 6.92 Å². The lowest BCUT2D eigenvalue weighted by atomic mass is 9.95. The van der Waals surface area contributed by atoms with Crippen molar-refractivity contribution in [2.45, 2.75) is 46.6 Å². The molecule has 2 N–H and O–H groups in total. The van der Waals surface area contributed by atoms with E-state index in [-0.39, 0.29) is 30.4 Å². The van der Waals surface area contributed by atoms with Crippen molar-refractivity contribution in [2.24, 2.45) is 5.92 Å². The van der Waals surface area contributed by atoms with Gasteiger partial charge in [0.15, 0.2) is 0 Å². The predicted molar refractivity (Wildman–Crippen MR) is 97.9 cm³/mol. The van der Waals surface area contributed by atoms with Crippen molar-refractivity contribution >= 4 is 11.9 Å². The summed E-state index contributed by atoms with van der Waals surface area (Å²) in [5.74, 6) is 0.117. The molecule has 134 valence electrons. The summed E-state index contributed by atoms with van der Waals surface area (Å²) < 4.78 is 0. The molecule has 0 aliphatic rings. The molecule has 0 heterocycles. The summed E-state index contributed by atoms with van der Waals surface area (Å²) in [6, 6.07) is 8.01. The molecule has 0 aromatic heterocycles. The van der Waals surface area contributed by atoms with Gasteiger partial charge in [-0.3, -0.25) is 4.79 Å². The highest BCUT2D eigenvalue weighted by Crippen LogP contribution is 2.22. The van der Waals surface area contributed by atoms with Gasteiger partial charge in [0.2, 0.25) is 5.91 Å². The van der Waals surface area contributed by atoms with E-state index >= 15 is 0 Å². The van der Waals surface area contributed by atoms with Gasteiger partial charge in [-0.05, 0) is 29.9 Å². The van der Waals surface area contributed by atoms with Crippen molar-refractivity contribution < 1.29 is 9.59 Å². The van der Waals surface area contributed by atoms with Crippen LogP contribution in [0.15, 0.2) is 24.3 Å². The number of aryl methyl sites for hydroxylation is 1. The van der Waals surface area contributed by atoms with E-state index in [9.17, 15) is 9.59 Å². The van der Waals surface area contributed by atoms with E-state index in [1.165, 1.54) is 10.5 Å². The van der Waals surface area contributed by atoms with Gasteiger partial charge in [0.05, 0.1) is 6.04 Å². The number of carbonyl (C=O) groups is 2. The van der Waals surface area contributed by atoms with Crippen molar-refractivity contribution in [1.82, 2.24) is 15.5 Å². The normalized spacial score (nSPS) is 11.9. The summed E-state index contributed by atoms with van der Waals surface area (Å²) in [7, 11) is 1.64. The Hall–Kier alpha value is -2.04. The molecule has 0 saturated carbocycles. The number of urea groups is 1. The van der Waals surface area contributed by atoms with Crippen LogP contribution in [0.25, 0.3) is 0 Å². The summed E-state index contributed by atoms with van der Waals surface area (Å²) in [6.45, 7) is 8.96. The average Bonchev–Trinajstić information content (AvgIpc) is 2.57. The van der Waals surface area contributed by atoms with Crippen LogP contribution < -0.4 is 10.6 Å². The minimum absolute atomic E-state index is 0.0609. The molecular weight excluding hydrogens is 302 g/mol. The van der Waals surface area contributed by atoms with Crippen molar-refractivity contribution in [1.29, 1.82) is 0 Å². The molecule has 24 heavy (non-hydrogen) atoms. The Kier molecular flexibility index (Phi) is 8.30. The van der Waals surface area contributed by atoms with Crippen LogP contribution in [0.3, 0.4) is 0 Å². The first-order chi connectivity index (χ1) is 11.4. The molecule has 0 aliphatic carbocycles. The molecule has 0 fully saturated rings. The quantitative estimate of drug-likeness (QED) is 0.768. The predicted octanol–water partition coefficient (Wildman–Crippen LogP) is 3.11. The van der Waals surface area contributed by atoms with E-state index in [1.54, 1.807) is 7.05 Å². The van der Waals surface area contributed by atoms with E-state index in [0.29, 0.717) is 6.54 Å². The average molecular weight is 333 g/mol. The molecule has 0 bridgehead atoms. The highest BCUT2D eigenvalue weighted by atomic mass is 16.2. The van der Waals surface area contributed by atoms with Crippen LogP contribution in [0.1, 0.15) is 51.3 Å². The molecule has 0 spiro atoms. The molecular formula is C19H31N3O2. The lowest BCUT2D eigenvalue weighted by Gasteiger charge is -2.26. The third kappa shape index (κ3) is 6.22. The van der Waals surface area contributed by atoms with Crippen LogP contribution in [0, 0.1) is 5.92 Å². The molecule has 1 atom stereocenters. The van der Waals surface area contributed by atoms with Gasteiger partial charge in [0.25, 0.3) is 0 Å². The van der Waals surface area contributed by atoms with Gasteiger partial charge in [-0.25, -0.2) is 4.79 Å². The van der Waals surface area contributed by atoms with Crippen LogP contribution in [-0.2, 0) is 11.2 Å². The summed E-state index contributed by atoms with van der Waals surface area (Å²) in [5, 5.41) is 5.82. The van der Waals surface area contributed by atoms with Gasteiger partial charge in [-0.1, -0.05) is 52.0 Å². The Morgan fingerprint density at radius 2 is 1.75 bits per heavy atom. The Bertz CT molecular complexity index is 526. The minimum atomic E-state index is -0.236. The maximum Gasteiger partial charge on any atom is 0.318 e.